The maximum absolute atomic E-state index is 4.52. The molecule has 0 saturated carbocycles. The van der Waals surface area contributed by atoms with Crippen LogP contribution in [0.25, 0.3) is 0 Å². The van der Waals surface area contributed by atoms with Crippen molar-refractivity contribution in [1.29, 1.82) is 0 Å². The minimum absolute atomic E-state index is 0.696. The third-order valence-electron chi connectivity index (χ3n) is 5.35. The van der Waals surface area contributed by atoms with Crippen molar-refractivity contribution in [2.45, 2.75) is 33.2 Å². The Balaban J connectivity index is 1.40. The quantitative estimate of drug-likeness (QED) is 0.634. The largest absolute Gasteiger partial charge is 0.372 e. The molecule has 29 heavy (non-hydrogen) atoms. The van der Waals surface area contributed by atoms with Gasteiger partial charge in [0.15, 0.2) is 0 Å². The third kappa shape index (κ3) is 5.22. The summed E-state index contributed by atoms with van der Waals surface area (Å²) in [4.78, 5) is 15.5. The number of aryl methyl sites for hydroxylation is 1. The van der Waals surface area contributed by atoms with Crippen molar-refractivity contribution in [2.24, 2.45) is 5.92 Å². The van der Waals surface area contributed by atoms with Crippen LogP contribution in [0.2, 0.25) is 0 Å². The maximum Gasteiger partial charge on any atom is 0.136 e. The molecule has 1 aliphatic rings. The van der Waals surface area contributed by atoms with E-state index in [0.29, 0.717) is 6.54 Å². The number of piperidine rings is 1. The predicted octanol–water partition coefficient (Wildman–Crippen LogP) is 4.77. The summed E-state index contributed by atoms with van der Waals surface area (Å²) in [6.45, 7) is 7.23. The molecule has 1 fully saturated rings. The molecule has 0 unspecified atom stereocenters. The van der Waals surface area contributed by atoms with Gasteiger partial charge in [0.25, 0.3) is 0 Å². The highest BCUT2D eigenvalue weighted by Crippen LogP contribution is 2.25. The molecule has 2 aromatic heterocycles. The van der Waals surface area contributed by atoms with Gasteiger partial charge in [-0.2, -0.15) is 0 Å². The summed E-state index contributed by atoms with van der Waals surface area (Å²) in [7, 11) is 0. The van der Waals surface area contributed by atoms with E-state index in [0.717, 1.165) is 47.7 Å². The minimum atomic E-state index is 0.696. The van der Waals surface area contributed by atoms with E-state index in [4.69, 9.17) is 0 Å². The average molecular weight is 389 g/mol. The molecule has 6 nitrogen and oxygen atoms in total. The Morgan fingerprint density at radius 1 is 0.966 bits per heavy atom. The van der Waals surface area contributed by atoms with E-state index >= 15 is 0 Å². The van der Waals surface area contributed by atoms with Gasteiger partial charge in [-0.25, -0.2) is 9.97 Å². The average Bonchev–Trinajstić information content (AvgIpc) is 2.74. The number of benzene rings is 1. The molecule has 4 rings (SSSR count). The number of anilines is 4. The lowest BCUT2D eigenvalue weighted by atomic mass is 9.99. The first-order valence-corrected chi connectivity index (χ1v) is 10.3. The molecule has 1 aromatic carbocycles. The zero-order valence-corrected chi connectivity index (χ0v) is 17.1. The normalized spacial score (nSPS) is 14.6. The molecule has 0 aliphatic carbocycles. The highest BCUT2D eigenvalue weighted by molar-refractivity contribution is 5.62. The molecule has 150 valence electrons. The Labute approximate surface area is 172 Å². The van der Waals surface area contributed by atoms with E-state index in [-0.39, 0.29) is 0 Å². The zero-order chi connectivity index (χ0) is 20.1. The molecule has 2 N–H and O–H groups in total. The van der Waals surface area contributed by atoms with E-state index in [1.165, 1.54) is 18.5 Å². The highest BCUT2D eigenvalue weighted by atomic mass is 15.1. The lowest BCUT2D eigenvalue weighted by Gasteiger charge is -2.32. The Morgan fingerprint density at radius 3 is 2.38 bits per heavy atom. The first kappa shape index (κ1) is 19.2. The van der Waals surface area contributed by atoms with Gasteiger partial charge in [0.1, 0.15) is 17.5 Å². The van der Waals surface area contributed by atoms with Crippen LogP contribution in [0.15, 0.2) is 54.9 Å². The zero-order valence-electron chi connectivity index (χ0n) is 17.1. The fourth-order valence-corrected chi connectivity index (χ4v) is 3.59. The van der Waals surface area contributed by atoms with Gasteiger partial charge in [-0.1, -0.05) is 6.92 Å². The summed E-state index contributed by atoms with van der Waals surface area (Å²) in [6.07, 6.45) is 6.14. The first-order valence-electron chi connectivity index (χ1n) is 10.3. The molecular formula is C23H28N6. The molecule has 3 aromatic rings. The summed E-state index contributed by atoms with van der Waals surface area (Å²) in [5.41, 5.74) is 3.48. The number of hydrogen-bond donors (Lipinski definition) is 2. The molecular weight excluding hydrogens is 360 g/mol. The predicted molar refractivity (Wildman–Crippen MR) is 119 cm³/mol. The number of aromatic nitrogens is 3. The van der Waals surface area contributed by atoms with Crippen molar-refractivity contribution < 1.29 is 0 Å². The SMILES string of the molecule is Cc1nc(NCc2ccncc2)cc(Nc2ccc(N3CCC(C)CC3)cc2)n1. The Bertz CT molecular complexity index is 918. The lowest BCUT2D eigenvalue weighted by molar-refractivity contribution is 0.438. The number of nitrogens with zero attached hydrogens (tertiary/aromatic N) is 4. The van der Waals surface area contributed by atoms with Gasteiger partial charge < -0.3 is 15.5 Å². The lowest BCUT2D eigenvalue weighted by Crippen LogP contribution is -2.32. The molecule has 3 heterocycles. The summed E-state index contributed by atoms with van der Waals surface area (Å²) in [6, 6.07) is 14.5. The van der Waals surface area contributed by atoms with Crippen LogP contribution in [-0.4, -0.2) is 28.0 Å². The van der Waals surface area contributed by atoms with Crippen LogP contribution in [0.3, 0.4) is 0 Å². The highest BCUT2D eigenvalue weighted by Gasteiger charge is 2.15. The van der Waals surface area contributed by atoms with Gasteiger partial charge in [-0.3, -0.25) is 4.98 Å². The van der Waals surface area contributed by atoms with E-state index in [1.807, 2.05) is 25.1 Å². The van der Waals surface area contributed by atoms with Crippen LogP contribution in [0.1, 0.15) is 31.2 Å². The number of rotatable bonds is 6. The Kier molecular flexibility index (Phi) is 5.89. The van der Waals surface area contributed by atoms with Gasteiger partial charge in [0.05, 0.1) is 0 Å². The van der Waals surface area contributed by atoms with Gasteiger partial charge in [-0.15, -0.1) is 0 Å². The van der Waals surface area contributed by atoms with Crippen molar-refractivity contribution in [3.63, 3.8) is 0 Å². The van der Waals surface area contributed by atoms with Crippen LogP contribution in [0.4, 0.5) is 23.0 Å². The van der Waals surface area contributed by atoms with Crippen LogP contribution in [-0.2, 0) is 6.54 Å². The Hall–Kier alpha value is -3.15. The van der Waals surface area contributed by atoms with Crippen LogP contribution in [0, 0.1) is 12.8 Å². The summed E-state index contributed by atoms with van der Waals surface area (Å²) in [5, 5.41) is 6.76. The van der Waals surface area contributed by atoms with E-state index < -0.39 is 0 Å². The van der Waals surface area contributed by atoms with E-state index in [1.54, 1.807) is 12.4 Å². The van der Waals surface area contributed by atoms with Gasteiger partial charge >= 0.3 is 0 Å². The smallest absolute Gasteiger partial charge is 0.136 e. The monoisotopic (exact) mass is 388 g/mol. The van der Waals surface area contributed by atoms with E-state index in [9.17, 15) is 0 Å². The standard InChI is InChI=1S/C23H28N6/c1-17-9-13-29(14-10-17)21-5-3-20(4-6-21)28-23-15-22(26-18(2)27-23)25-16-19-7-11-24-12-8-19/h3-8,11-12,15,17H,9-10,13-14,16H2,1-2H3,(H2,25,26,27,28). The fraction of sp³-hybridized carbons (Fsp3) is 0.348. The topological polar surface area (TPSA) is 66.0 Å². The van der Waals surface area contributed by atoms with Gasteiger partial charge in [0.2, 0.25) is 0 Å². The molecule has 0 radical (unpaired) electrons. The maximum atomic E-state index is 4.52. The van der Waals surface area contributed by atoms with Crippen molar-refractivity contribution in [1.82, 2.24) is 15.0 Å². The number of nitrogens with one attached hydrogen (secondary N) is 2. The molecule has 1 aliphatic heterocycles. The van der Waals surface area contributed by atoms with E-state index in [2.05, 4.69) is 61.7 Å². The molecule has 0 atom stereocenters. The van der Waals surface area contributed by atoms with Crippen molar-refractivity contribution in [2.75, 3.05) is 28.6 Å². The van der Waals surface area contributed by atoms with Gasteiger partial charge in [0, 0.05) is 49.5 Å². The number of hydrogen-bond acceptors (Lipinski definition) is 6. The first-order chi connectivity index (χ1) is 14.2. The molecule has 6 heteroatoms. The summed E-state index contributed by atoms with van der Waals surface area (Å²) >= 11 is 0. The fourth-order valence-electron chi connectivity index (χ4n) is 3.59. The Morgan fingerprint density at radius 2 is 1.66 bits per heavy atom. The van der Waals surface area contributed by atoms with Crippen molar-refractivity contribution in [3.05, 3.63) is 66.2 Å². The number of pyridine rings is 1. The minimum Gasteiger partial charge on any atom is -0.372 e. The molecule has 0 bridgehead atoms. The van der Waals surface area contributed by atoms with Crippen LogP contribution < -0.4 is 15.5 Å². The van der Waals surface area contributed by atoms with Crippen molar-refractivity contribution >= 4 is 23.0 Å². The third-order valence-corrected chi connectivity index (χ3v) is 5.35. The summed E-state index contributed by atoms with van der Waals surface area (Å²) < 4.78 is 0. The van der Waals surface area contributed by atoms with Crippen molar-refractivity contribution in [3.8, 4) is 0 Å². The molecule has 1 saturated heterocycles. The van der Waals surface area contributed by atoms with Gasteiger partial charge in [-0.05, 0) is 67.6 Å². The molecule has 0 spiro atoms. The second-order valence-corrected chi connectivity index (χ2v) is 7.74. The second kappa shape index (κ2) is 8.90. The molecule has 0 amide bonds. The second-order valence-electron chi connectivity index (χ2n) is 7.74. The summed E-state index contributed by atoms with van der Waals surface area (Å²) in [5.74, 6) is 3.16. The van der Waals surface area contributed by atoms with Crippen LogP contribution >= 0.6 is 0 Å². The van der Waals surface area contributed by atoms with Crippen LogP contribution in [0.5, 0.6) is 0 Å².